The lowest BCUT2D eigenvalue weighted by molar-refractivity contribution is -0.115. The molecule has 0 bridgehead atoms. The molecule has 56 valence electrons. The van der Waals surface area contributed by atoms with Crippen molar-refractivity contribution >= 4 is 13.2 Å². The second kappa shape index (κ2) is 4.73. The first-order valence-electron chi connectivity index (χ1n) is 3.00. The number of hydrogen-bond acceptors (Lipinski definition) is 2. The Balaban J connectivity index is 0.000000371. The van der Waals surface area contributed by atoms with Gasteiger partial charge in [-0.3, -0.25) is 4.79 Å². The highest BCUT2D eigenvalue weighted by Gasteiger charge is 2.08. The predicted molar refractivity (Wildman–Crippen MR) is 38.3 cm³/mol. The molecule has 0 aromatic heterocycles. The van der Waals surface area contributed by atoms with Crippen molar-refractivity contribution in [3.8, 4) is 0 Å². The summed E-state index contributed by atoms with van der Waals surface area (Å²) in [5.41, 5.74) is 1.15. The summed E-state index contributed by atoms with van der Waals surface area (Å²) < 4.78 is 0. The van der Waals surface area contributed by atoms with E-state index in [0.717, 1.165) is 24.9 Å². The molecule has 0 atom stereocenters. The second-order valence-electron chi connectivity index (χ2n) is 1.95. The van der Waals surface area contributed by atoms with Gasteiger partial charge in [0.05, 0.1) is 0 Å². The molecule has 0 saturated carbocycles. The third-order valence-corrected chi connectivity index (χ3v) is 1.39. The number of nitrogens with zero attached hydrogens (tertiary/aromatic N) is 1. The average Bonchev–Trinajstić information content (AvgIpc) is 1.89. The van der Waals surface area contributed by atoms with Crippen molar-refractivity contribution in [3.63, 3.8) is 0 Å². The Morgan fingerprint density at radius 2 is 2.20 bits per heavy atom. The van der Waals surface area contributed by atoms with Crippen LogP contribution in [0.3, 0.4) is 0 Å². The maximum absolute atomic E-state index is 10.0. The van der Waals surface area contributed by atoms with Gasteiger partial charge >= 0.3 is 0 Å². The van der Waals surface area contributed by atoms with Gasteiger partial charge in [0.1, 0.15) is 6.79 Å². The fourth-order valence-electron chi connectivity index (χ4n) is 0.661. The zero-order valence-electron chi connectivity index (χ0n) is 6.04. The maximum Gasteiger partial charge on any atom is 0.213 e. The Bertz CT molecular complexity index is 143. The van der Waals surface area contributed by atoms with E-state index in [2.05, 4.69) is 6.08 Å². The van der Waals surface area contributed by atoms with Crippen LogP contribution < -0.4 is 0 Å². The number of carbonyl (C=O) groups is 2. The number of allylic oxidation sites excluding steroid dienone is 2. The quantitative estimate of drug-likeness (QED) is 0.527. The lowest BCUT2D eigenvalue weighted by Gasteiger charge is -2.20. The largest absolute Gasteiger partial charge is 0.322 e. The molecule has 0 radical (unpaired) electrons. The van der Waals surface area contributed by atoms with Crippen LogP contribution in [0.5, 0.6) is 0 Å². The van der Waals surface area contributed by atoms with E-state index < -0.39 is 0 Å². The molecule has 10 heavy (non-hydrogen) atoms. The monoisotopic (exact) mass is 141 g/mol. The number of hydrogen-bond donors (Lipinski definition) is 0. The highest BCUT2D eigenvalue weighted by molar-refractivity contribution is 5.51. The third-order valence-electron chi connectivity index (χ3n) is 1.39. The molecule has 3 nitrogen and oxygen atoms in total. The van der Waals surface area contributed by atoms with Crippen LogP contribution in [0.2, 0.25) is 0 Å². The predicted octanol–water partition coefficient (Wildman–Crippen LogP) is 0.567. The minimum absolute atomic E-state index is 0.838. The molecule has 0 unspecified atom stereocenters. The van der Waals surface area contributed by atoms with Crippen LogP contribution in [0.4, 0.5) is 0 Å². The van der Waals surface area contributed by atoms with E-state index in [-0.39, 0.29) is 0 Å². The van der Waals surface area contributed by atoms with Crippen LogP contribution in [-0.2, 0) is 9.59 Å². The van der Waals surface area contributed by atoms with Crippen LogP contribution >= 0.6 is 0 Å². The second-order valence-corrected chi connectivity index (χ2v) is 1.95. The molecule has 0 fully saturated rings. The van der Waals surface area contributed by atoms with Crippen molar-refractivity contribution in [1.29, 1.82) is 0 Å². The molecule has 1 aliphatic rings. The highest BCUT2D eigenvalue weighted by atomic mass is 16.1. The summed E-state index contributed by atoms with van der Waals surface area (Å²) in [7, 11) is 1.78. The molecule has 0 aromatic carbocycles. The summed E-state index contributed by atoms with van der Waals surface area (Å²) in [5.74, 6) is 0. The van der Waals surface area contributed by atoms with Crippen LogP contribution in [0.25, 0.3) is 0 Å². The molecule has 3 heteroatoms. The topological polar surface area (TPSA) is 37.4 Å². The zero-order valence-corrected chi connectivity index (χ0v) is 6.04. The summed E-state index contributed by atoms with van der Waals surface area (Å²) in [5, 5.41) is 0. The van der Waals surface area contributed by atoms with Gasteiger partial charge in [0, 0.05) is 12.7 Å². The molecule has 0 spiro atoms. The van der Waals surface area contributed by atoms with Crippen molar-refractivity contribution < 1.29 is 9.59 Å². The van der Waals surface area contributed by atoms with E-state index >= 15 is 0 Å². The van der Waals surface area contributed by atoms with Crippen LogP contribution in [0.15, 0.2) is 11.8 Å². The molecule has 1 rings (SSSR count). The van der Waals surface area contributed by atoms with Crippen molar-refractivity contribution in [1.82, 2.24) is 4.90 Å². The fraction of sp³-hybridized carbons (Fsp3) is 0.429. The van der Waals surface area contributed by atoms with E-state index in [0.29, 0.717) is 0 Å². The molecule has 1 amide bonds. The van der Waals surface area contributed by atoms with Crippen molar-refractivity contribution in [2.45, 2.75) is 12.8 Å². The van der Waals surface area contributed by atoms with Crippen molar-refractivity contribution in [2.24, 2.45) is 0 Å². The fourth-order valence-corrected chi connectivity index (χ4v) is 0.661. The van der Waals surface area contributed by atoms with Gasteiger partial charge in [-0.05, 0) is 12.8 Å². The number of rotatable bonds is 2. The maximum atomic E-state index is 10.0. The lowest BCUT2D eigenvalue weighted by Crippen LogP contribution is -2.18. The summed E-state index contributed by atoms with van der Waals surface area (Å²) in [6.45, 7) is 2.00. The lowest BCUT2D eigenvalue weighted by atomic mass is 10.1. The van der Waals surface area contributed by atoms with Gasteiger partial charge < -0.3 is 9.69 Å². The Morgan fingerprint density at radius 1 is 1.70 bits per heavy atom. The molecule has 0 N–H and O–H groups in total. The van der Waals surface area contributed by atoms with Gasteiger partial charge in [-0.1, -0.05) is 6.08 Å². The highest BCUT2D eigenvalue weighted by Crippen LogP contribution is 2.18. The van der Waals surface area contributed by atoms with Gasteiger partial charge in [-0.25, -0.2) is 0 Å². The third kappa shape index (κ3) is 2.01. The molecule has 0 heterocycles. The Hall–Kier alpha value is -1.12. The van der Waals surface area contributed by atoms with Crippen molar-refractivity contribution in [2.75, 3.05) is 7.05 Å². The van der Waals surface area contributed by atoms with Gasteiger partial charge in [0.2, 0.25) is 6.41 Å². The van der Waals surface area contributed by atoms with Crippen LogP contribution in [-0.4, -0.2) is 25.1 Å². The summed E-state index contributed by atoms with van der Waals surface area (Å²) in [6, 6.07) is 0. The minimum Gasteiger partial charge on any atom is -0.322 e. The first-order valence-corrected chi connectivity index (χ1v) is 3.00. The molecular formula is C7H11NO2. The summed E-state index contributed by atoms with van der Waals surface area (Å²) >= 11 is 0. The zero-order chi connectivity index (χ0) is 7.98. The molecule has 1 aliphatic carbocycles. The first kappa shape index (κ1) is 8.88. The van der Waals surface area contributed by atoms with E-state index in [9.17, 15) is 4.79 Å². The van der Waals surface area contributed by atoms with E-state index in [1.165, 1.54) is 0 Å². The minimum atomic E-state index is 0.838. The number of amides is 1. The van der Waals surface area contributed by atoms with Gasteiger partial charge in [-0.2, -0.15) is 0 Å². The molecule has 0 saturated heterocycles. The smallest absolute Gasteiger partial charge is 0.213 e. The summed E-state index contributed by atoms with van der Waals surface area (Å²) in [6.07, 6.45) is 5.10. The normalized spacial score (nSPS) is 13.5. The van der Waals surface area contributed by atoms with Gasteiger partial charge in [0.25, 0.3) is 0 Å². The van der Waals surface area contributed by atoms with Gasteiger partial charge in [0.15, 0.2) is 0 Å². The first-order chi connectivity index (χ1) is 4.84. The SMILES string of the molecule is C=O.CN(C=O)C1=CCC1. The van der Waals surface area contributed by atoms with Crippen LogP contribution in [0, 0.1) is 0 Å². The standard InChI is InChI=1S/C6H9NO.CH2O/c1-7(5-8)6-3-2-4-6;1-2/h3,5H,2,4H2,1H3;1H2. The van der Waals surface area contributed by atoms with Crippen molar-refractivity contribution in [3.05, 3.63) is 11.8 Å². The van der Waals surface area contributed by atoms with E-state index in [1.807, 2.05) is 6.79 Å². The Kier molecular flexibility index (Phi) is 4.20. The van der Waals surface area contributed by atoms with E-state index in [4.69, 9.17) is 4.79 Å². The Morgan fingerprint density at radius 3 is 2.30 bits per heavy atom. The molecular weight excluding hydrogens is 130 g/mol. The molecule has 0 aliphatic heterocycles. The molecule has 0 aromatic rings. The van der Waals surface area contributed by atoms with E-state index in [1.54, 1.807) is 11.9 Å². The van der Waals surface area contributed by atoms with Crippen LogP contribution in [0.1, 0.15) is 12.8 Å². The Labute approximate surface area is 60.3 Å². The average molecular weight is 141 g/mol. The van der Waals surface area contributed by atoms with Gasteiger partial charge in [-0.15, -0.1) is 0 Å². The number of carbonyl (C=O) groups excluding carboxylic acids is 2. The summed E-state index contributed by atoms with van der Waals surface area (Å²) in [4.78, 5) is 19.6.